The summed E-state index contributed by atoms with van der Waals surface area (Å²) in [6.45, 7) is 2.43. The predicted molar refractivity (Wildman–Crippen MR) is 77.8 cm³/mol. The Hall–Kier alpha value is -1.58. The molecule has 0 aliphatic heterocycles. The first-order chi connectivity index (χ1) is 9.13. The predicted octanol–water partition coefficient (Wildman–Crippen LogP) is 4.09. The smallest absolute Gasteiger partial charge is 0.134 e. The van der Waals surface area contributed by atoms with Crippen molar-refractivity contribution in [3.05, 3.63) is 58.0 Å². The van der Waals surface area contributed by atoms with E-state index in [4.69, 9.17) is 23.2 Å². The van der Waals surface area contributed by atoms with Gasteiger partial charge in [0.2, 0.25) is 0 Å². The number of para-hydroxylation sites is 1. The molecule has 0 spiro atoms. The molecule has 0 aliphatic carbocycles. The molecule has 0 unspecified atom stereocenters. The van der Waals surface area contributed by atoms with Gasteiger partial charge in [0.05, 0.1) is 22.8 Å². The van der Waals surface area contributed by atoms with Crippen LogP contribution in [0.15, 0.2) is 36.5 Å². The fourth-order valence-electron chi connectivity index (χ4n) is 2.00. The zero-order valence-electron chi connectivity index (χ0n) is 10.3. The van der Waals surface area contributed by atoms with Crippen LogP contribution in [-0.4, -0.2) is 14.8 Å². The number of aryl methyl sites for hydroxylation is 1. The number of fused-ring (bicyclic) bond motifs is 1. The van der Waals surface area contributed by atoms with Gasteiger partial charge in [-0.05, 0) is 19.1 Å². The van der Waals surface area contributed by atoms with Crippen molar-refractivity contribution in [3.8, 4) is 0 Å². The lowest BCUT2D eigenvalue weighted by molar-refractivity contribution is 0.678. The van der Waals surface area contributed by atoms with Gasteiger partial charge >= 0.3 is 0 Å². The highest BCUT2D eigenvalue weighted by Crippen LogP contribution is 2.22. The van der Waals surface area contributed by atoms with Crippen LogP contribution >= 0.6 is 23.2 Å². The van der Waals surface area contributed by atoms with E-state index < -0.39 is 0 Å². The van der Waals surface area contributed by atoms with E-state index in [1.54, 1.807) is 10.9 Å². The number of rotatable bonds is 2. The lowest BCUT2D eigenvalue weighted by Gasteiger charge is -2.06. The van der Waals surface area contributed by atoms with Crippen molar-refractivity contribution in [3.63, 3.8) is 0 Å². The maximum Gasteiger partial charge on any atom is 0.134 e. The Bertz CT molecular complexity index is 730. The lowest BCUT2D eigenvalue weighted by atomic mass is 10.1. The third-order valence-corrected chi connectivity index (χ3v) is 3.67. The molecule has 0 atom stereocenters. The molecule has 2 heterocycles. The molecule has 0 N–H and O–H groups in total. The molecule has 3 aromatic rings. The molecular formula is C14H11Cl2N3. The van der Waals surface area contributed by atoms with Crippen LogP contribution < -0.4 is 0 Å². The van der Waals surface area contributed by atoms with E-state index in [1.165, 1.54) is 0 Å². The normalized spacial score (nSPS) is 11.1. The summed E-state index contributed by atoms with van der Waals surface area (Å²) in [6, 6.07) is 9.93. The van der Waals surface area contributed by atoms with Crippen molar-refractivity contribution < 1.29 is 0 Å². The van der Waals surface area contributed by atoms with E-state index in [9.17, 15) is 0 Å². The van der Waals surface area contributed by atoms with Crippen LogP contribution in [0.4, 0.5) is 0 Å². The SMILES string of the molecule is Cc1nn(Cc2cc3ccccc3nc2Cl)cc1Cl. The molecule has 0 amide bonds. The maximum absolute atomic E-state index is 6.21. The van der Waals surface area contributed by atoms with Crippen molar-refractivity contribution in [1.82, 2.24) is 14.8 Å². The van der Waals surface area contributed by atoms with E-state index >= 15 is 0 Å². The molecule has 3 rings (SSSR count). The third-order valence-electron chi connectivity index (χ3n) is 2.97. The molecular weight excluding hydrogens is 281 g/mol. The number of pyridine rings is 1. The summed E-state index contributed by atoms with van der Waals surface area (Å²) in [6.07, 6.45) is 1.79. The number of hydrogen-bond donors (Lipinski definition) is 0. The minimum atomic E-state index is 0.503. The second-order valence-corrected chi connectivity index (χ2v) is 5.16. The van der Waals surface area contributed by atoms with E-state index in [-0.39, 0.29) is 0 Å². The van der Waals surface area contributed by atoms with Gasteiger partial charge in [-0.25, -0.2) is 4.98 Å². The van der Waals surface area contributed by atoms with Gasteiger partial charge < -0.3 is 0 Å². The Morgan fingerprint density at radius 3 is 2.74 bits per heavy atom. The monoisotopic (exact) mass is 291 g/mol. The summed E-state index contributed by atoms with van der Waals surface area (Å²) in [7, 11) is 0. The second kappa shape index (κ2) is 4.83. The summed E-state index contributed by atoms with van der Waals surface area (Å²) >= 11 is 12.2. The Kier molecular flexibility index (Phi) is 3.17. The molecule has 0 saturated carbocycles. The van der Waals surface area contributed by atoms with Crippen molar-refractivity contribution >= 4 is 34.1 Å². The summed E-state index contributed by atoms with van der Waals surface area (Å²) in [5.74, 6) is 0. The highest BCUT2D eigenvalue weighted by Gasteiger charge is 2.08. The van der Waals surface area contributed by atoms with Crippen LogP contribution in [0.3, 0.4) is 0 Å². The first kappa shape index (κ1) is 12.5. The van der Waals surface area contributed by atoms with Crippen molar-refractivity contribution in [2.75, 3.05) is 0 Å². The topological polar surface area (TPSA) is 30.7 Å². The van der Waals surface area contributed by atoms with Gasteiger partial charge in [-0.2, -0.15) is 5.10 Å². The highest BCUT2D eigenvalue weighted by molar-refractivity contribution is 6.31. The van der Waals surface area contributed by atoms with E-state index in [0.717, 1.165) is 22.2 Å². The molecule has 19 heavy (non-hydrogen) atoms. The fraction of sp³-hybridized carbons (Fsp3) is 0.143. The second-order valence-electron chi connectivity index (χ2n) is 4.39. The minimum Gasteiger partial charge on any atom is -0.266 e. The largest absolute Gasteiger partial charge is 0.266 e. The van der Waals surface area contributed by atoms with E-state index in [0.29, 0.717) is 16.7 Å². The lowest BCUT2D eigenvalue weighted by Crippen LogP contribution is -2.02. The quantitative estimate of drug-likeness (QED) is 0.666. The molecule has 1 aromatic carbocycles. The van der Waals surface area contributed by atoms with Gasteiger partial charge in [0.15, 0.2) is 0 Å². The Labute approximate surface area is 120 Å². The fourth-order valence-corrected chi connectivity index (χ4v) is 2.35. The first-order valence-corrected chi connectivity index (χ1v) is 6.63. The Morgan fingerprint density at radius 2 is 2.00 bits per heavy atom. The molecule has 3 nitrogen and oxygen atoms in total. The molecule has 2 aromatic heterocycles. The summed E-state index contributed by atoms with van der Waals surface area (Å²) in [5.41, 5.74) is 2.64. The van der Waals surface area contributed by atoms with E-state index in [1.807, 2.05) is 37.3 Å². The van der Waals surface area contributed by atoms with Crippen LogP contribution in [0.5, 0.6) is 0 Å². The minimum absolute atomic E-state index is 0.503. The molecule has 0 fully saturated rings. The Morgan fingerprint density at radius 1 is 1.21 bits per heavy atom. The average Bonchev–Trinajstić information content (AvgIpc) is 2.69. The number of halogens is 2. The maximum atomic E-state index is 6.21. The number of benzene rings is 1. The summed E-state index contributed by atoms with van der Waals surface area (Å²) in [5, 5.41) is 6.55. The van der Waals surface area contributed by atoms with Gasteiger partial charge in [0.1, 0.15) is 5.15 Å². The van der Waals surface area contributed by atoms with Crippen molar-refractivity contribution in [1.29, 1.82) is 0 Å². The highest BCUT2D eigenvalue weighted by atomic mass is 35.5. The van der Waals surface area contributed by atoms with Crippen molar-refractivity contribution in [2.24, 2.45) is 0 Å². The van der Waals surface area contributed by atoms with Gasteiger partial charge in [-0.3, -0.25) is 4.68 Å². The van der Waals surface area contributed by atoms with Gasteiger partial charge in [0, 0.05) is 17.1 Å². The molecule has 0 aliphatic rings. The molecule has 0 saturated heterocycles. The Balaban J connectivity index is 2.02. The van der Waals surface area contributed by atoms with Crippen LogP contribution in [-0.2, 0) is 6.54 Å². The first-order valence-electron chi connectivity index (χ1n) is 5.87. The summed E-state index contributed by atoms with van der Waals surface area (Å²) in [4.78, 5) is 4.39. The van der Waals surface area contributed by atoms with Crippen LogP contribution in [0, 0.1) is 6.92 Å². The average molecular weight is 292 g/mol. The number of nitrogens with zero attached hydrogens (tertiary/aromatic N) is 3. The zero-order valence-corrected chi connectivity index (χ0v) is 11.8. The van der Waals surface area contributed by atoms with E-state index in [2.05, 4.69) is 10.1 Å². The number of aromatic nitrogens is 3. The standard InChI is InChI=1S/C14H11Cl2N3/c1-9-12(15)8-19(18-9)7-11-6-10-4-2-3-5-13(10)17-14(11)16/h2-6,8H,7H2,1H3. The third kappa shape index (κ3) is 2.44. The van der Waals surface area contributed by atoms with Gasteiger partial charge in [-0.15, -0.1) is 0 Å². The molecule has 96 valence electrons. The van der Waals surface area contributed by atoms with Crippen molar-refractivity contribution in [2.45, 2.75) is 13.5 Å². The molecule has 0 radical (unpaired) electrons. The van der Waals surface area contributed by atoms with Gasteiger partial charge in [-0.1, -0.05) is 41.4 Å². The summed E-state index contributed by atoms with van der Waals surface area (Å²) < 4.78 is 1.77. The number of hydrogen-bond acceptors (Lipinski definition) is 2. The van der Waals surface area contributed by atoms with Crippen LogP contribution in [0.1, 0.15) is 11.3 Å². The molecule has 5 heteroatoms. The van der Waals surface area contributed by atoms with Crippen LogP contribution in [0.25, 0.3) is 10.9 Å². The molecule has 0 bridgehead atoms. The zero-order chi connectivity index (χ0) is 13.4. The van der Waals surface area contributed by atoms with Crippen LogP contribution in [0.2, 0.25) is 10.2 Å². The van der Waals surface area contributed by atoms with Gasteiger partial charge in [0.25, 0.3) is 0 Å².